The topological polar surface area (TPSA) is 55.2 Å². The van der Waals surface area contributed by atoms with Gasteiger partial charge in [-0.3, -0.25) is 4.68 Å². The lowest BCUT2D eigenvalue weighted by Gasteiger charge is -2.37. The van der Waals surface area contributed by atoms with E-state index in [1.807, 2.05) is 0 Å². The molecule has 1 aliphatic heterocycles. The predicted octanol–water partition coefficient (Wildman–Crippen LogP) is 2.32. The average Bonchev–Trinajstić information content (AvgIpc) is 2.89. The van der Waals surface area contributed by atoms with Crippen molar-refractivity contribution in [3.63, 3.8) is 0 Å². The predicted molar refractivity (Wildman–Crippen MR) is 79.3 cm³/mol. The number of aryl methyl sites for hydroxylation is 1. The maximum Gasteiger partial charge on any atom is 0.246 e. The molecule has 1 aromatic heterocycles. The van der Waals surface area contributed by atoms with Crippen LogP contribution in [0.4, 0.5) is 0 Å². The van der Waals surface area contributed by atoms with E-state index in [0.717, 1.165) is 19.3 Å². The maximum absolute atomic E-state index is 12.5. The summed E-state index contributed by atoms with van der Waals surface area (Å²) in [5, 5.41) is 4.04. The molecule has 0 N–H and O–H groups in total. The van der Waals surface area contributed by atoms with E-state index in [-0.39, 0.29) is 10.3 Å². The van der Waals surface area contributed by atoms with Crippen molar-refractivity contribution in [2.24, 2.45) is 5.41 Å². The lowest BCUT2D eigenvalue weighted by atomic mass is 9.79. The minimum atomic E-state index is -3.41. The van der Waals surface area contributed by atoms with Crippen LogP contribution in [-0.4, -0.2) is 41.5 Å². The summed E-state index contributed by atoms with van der Waals surface area (Å²) in [6.07, 6.45) is 5.90. The number of alkyl halides is 1. The smallest absolute Gasteiger partial charge is 0.246 e. The Bertz CT molecular complexity index is 548. The molecule has 1 saturated heterocycles. The fraction of sp³-hybridized carbons (Fsp3) is 0.769. The molecule has 7 heteroatoms. The van der Waals surface area contributed by atoms with Crippen molar-refractivity contribution in [2.45, 2.75) is 44.6 Å². The van der Waals surface area contributed by atoms with Gasteiger partial charge >= 0.3 is 0 Å². The number of piperidine rings is 1. The summed E-state index contributed by atoms with van der Waals surface area (Å²) in [6, 6.07) is 0. The van der Waals surface area contributed by atoms with Crippen molar-refractivity contribution in [1.82, 2.24) is 14.1 Å². The van der Waals surface area contributed by atoms with E-state index in [4.69, 9.17) is 11.6 Å². The van der Waals surface area contributed by atoms with Gasteiger partial charge in [0.2, 0.25) is 10.0 Å². The van der Waals surface area contributed by atoms with Gasteiger partial charge in [0, 0.05) is 25.2 Å². The molecule has 0 atom stereocenters. The Hall–Kier alpha value is -0.590. The Morgan fingerprint density at radius 3 is 2.60 bits per heavy atom. The van der Waals surface area contributed by atoms with Crippen LogP contribution in [0, 0.1) is 5.41 Å². The van der Waals surface area contributed by atoms with Gasteiger partial charge in [0.15, 0.2) is 0 Å². The molecule has 2 heterocycles. The molecular formula is C13H22ClN3O2S. The normalized spacial score (nSPS) is 20.1. The van der Waals surface area contributed by atoms with E-state index in [1.165, 1.54) is 6.20 Å². The van der Waals surface area contributed by atoms with E-state index in [0.29, 0.717) is 25.5 Å². The van der Waals surface area contributed by atoms with E-state index in [9.17, 15) is 8.42 Å². The van der Waals surface area contributed by atoms with Gasteiger partial charge in [-0.2, -0.15) is 9.40 Å². The van der Waals surface area contributed by atoms with Gasteiger partial charge in [-0.05, 0) is 18.3 Å². The molecule has 1 fully saturated rings. The van der Waals surface area contributed by atoms with Gasteiger partial charge in [-0.1, -0.05) is 20.3 Å². The summed E-state index contributed by atoms with van der Waals surface area (Å²) >= 11 is 5.63. The van der Waals surface area contributed by atoms with Crippen molar-refractivity contribution in [3.05, 3.63) is 12.4 Å². The van der Waals surface area contributed by atoms with Gasteiger partial charge in [-0.15, -0.1) is 11.6 Å². The quantitative estimate of drug-likeness (QED) is 0.783. The van der Waals surface area contributed by atoms with Crippen LogP contribution in [0.1, 0.15) is 33.1 Å². The van der Waals surface area contributed by atoms with E-state index < -0.39 is 10.0 Å². The maximum atomic E-state index is 12.5. The molecule has 1 aromatic rings. The largest absolute Gasteiger partial charge is 0.270 e. The first-order chi connectivity index (χ1) is 9.41. The molecule has 0 radical (unpaired) electrons. The fourth-order valence-corrected chi connectivity index (χ4v) is 4.03. The molecule has 2 rings (SSSR count). The third kappa shape index (κ3) is 3.18. The zero-order valence-corrected chi connectivity index (χ0v) is 13.6. The number of hydrogen-bond acceptors (Lipinski definition) is 3. The third-order valence-corrected chi connectivity index (χ3v) is 6.36. The van der Waals surface area contributed by atoms with E-state index in [1.54, 1.807) is 15.2 Å². The van der Waals surface area contributed by atoms with Crippen LogP contribution < -0.4 is 0 Å². The number of hydrogen-bond donors (Lipinski definition) is 0. The lowest BCUT2D eigenvalue weighted by Crippen LogP contribution is -2.41. The Morgan fingerprint density at radius 2 is 2.05 bits per heavy atom. The highest BCUT2D eigenvalue weighted by Crippen LogP contribution is 2.35. The van der Waals surface area contributed by atoms with Crippen LogP contribution in [0.2, 0.25) is 0 Å². The Kier molecular flexibility index (Phi) is 4.76. The summed E-state index contributed by atoms with van der Waals surface area (Å²) in [4.78, 5) is 0.266. The summed E-state index contributed by atoms with van der Waals surface area (Å²) in [5.74, 6) is 0.416. The molecular weight excluding hydrogens is 298 g/mol. The second-order valence-electron chi connectivity index (χ2n) is 5.70. The molecule has 0 amide bonds. The van der Waals surface area contributed by atoms with Crippen LogP contribution in [0.5, 0.6) is 0 Å². The summed E-state index contributed by atoms with van der Waals surface area (Å²) in [7, 11) is -3.41. The standard InChI is InChI=1S/C13H22ClN3O2S/c1-3-13(2)4-7-17(8-5-13)20(18,19)12-10-15-16(11-12)9-6-14/h10-11H,3-9H2,1-2H3. The molecule has 0 unspecified atom stereocenters. The average molecular weight is 320 g/mol. The fourth-order valence-electron chi connectivity index (χ4n) is 2.46. The zero-order chi connectivity index (χ0) is 14.8. The highest BCUT2D eigenvalue weighted by atomic mass is 35.5. The van der Waals surface area contributed by atoms with Crippen LogP contribution >= 0.6 is 11.6 Å². The zero-order valence-electron chi connectivity index (χ0n) is 12.0. The minimum Gasteiger partial charge on any atom is -0.270 e. The number of nitrogens with zero attached hydrogens (tertiary/aromatic N) is 3. The van der Waals surface area contributed by atoms with Crippen LogP contribution in [0.15, 0.2) is 17.3 Å². The number of rotatable bonds is 5. The number of halogens is 1. The van der Waals surface area contributed by atoms with Crippen molar-refractivity contribution in [3.8, 4) is 0 Å². The van der Waals surface area contributed by atoms with Gasteiger partial charge in [0.25, 0.3) is 0 Å². The van der Waals surface area contributed by atoms with Crippen molar-refractivity contribution in [1.29, 1.82) is 0 Å². The Labute approximate surface area is 126 Å². The van der Waals surface area contributed by atoms with Crippen molar-refractivity contribution in [2.75, 3.05) is 19.0 Å². The number of sulfonamides is 1. The first-order valence-electron chi connectivity index (χ1n) is 7.00. The van der Waals surface area contributed by atoms with Crippen LogP contribution in [0.25, 0.3) is 0 Å². The van der Waals surface area contributed by atoms with Gasteiger partial charge < -0.3 is 0 Å². The Balaban J connectivity index is 2.11. The minimum absolute atomic E-state index is 0.266. The highest BCUT2D eigenvalue weighted by molar-refractivity contribution is 7.89. The molecule has 1 aliphatic rings. The van der Waals surface area contributed by atoms with Gasteiger partial charge in [0.1, 0.15) is 4.90 Å². The molecule has 0 aliphatic carbocycles. The van der Waals surface area contributed by atoms with Gasteiger partial charge in [-0.25, -0.2) is 8.42 Å². The van der Waals surface area contributed by atoms with Gasteiger partial charge in [0.05, 0.1) is 12.7 Å². The molecule has 20 heavy (non-hydrogen) atoms. The van der Waals surface area contributed by atoms with Crippen molar-refractivity contribution >= 4 is 21.6 Å². The molecule has 0 spiro atoms. The second-order valence-corrected chi connectivity index (χ2v) is 8.01. The van der Waals surface area contributed by atoms with Crippen molar-refractivity contribution < 1.29 is 8.42 Å². The van der Waals surface area contributed by atoms with Crippen LogP contribution in [0.3, 0.4) is 0 Å². The summed E-state index contributed by atoms with van der Waals surface area (Å²) in [5.41, 5.74) is 0.273. The number of aromatic nitrogens is 2. The third-order valence-electron chi connectivity index (χ3n) is 4.34. The molecule has 0 aromatic carbocycles. The second kappa shape index (κ2) is 6.03. The molecule has 0 saturated carbocycles. The highest BCUT2D eigenvalue weighted by Gasteiger charge is 2.34. The Morgan fingerprint density at radius 1 is 1.40 bits per heavy atom. The molecule has 114 valence electrons. The van der Waals surface area contributed by atoms with Crippen LogP contribution in [-0.2, 0) is 16.6 Å². The van der Waals surface area contributed by atoms with E-state index >= 15 is 0 Å². The first kappa shape index (κ1) is 15.8. The lowest BCUT2D eigenvalue weighted by molar-refractivity contribution is 0.169. The first-order valence-corrected chi connectivity index (χ1v) is 8.97. The summed E-state index contributed by atoms with van der Waals surface area (Å²) in [6.45, 7) is 6.10. The SMILES string of the molecule is CCC1(C)CCN(S(=O)(=O)c2cnn(CCCl)c2)CC1. The molecule has 5 nitrogen and oxygen atoms in total. The monoisotopic (exact) mass is 319 g/mol. The summed E-state index contributed by atoms with van der Waals surface area (Å²) < 4.78 is 28.2. The van der Waals surface area contributed by atoms with E-state index in [2.05, 4.69) is 18.9 Å². The molecule has 0 bridgehead atoms.